The molecule has 5 rings (SSSR count). The van der Waals surface area contributed by atoms with Gasteiger partial charge in [-0.25, -0.2) is 0 Å². The Balaban J connectivity index is 1.71. The molecule has 0 atom stereocenters. The van der Waals surface area contributed by atoms with Crippen molar-refractivity contribution in [1.29, 1.82) is 0 Å². The van der Waals surface area contributed by atoms with Crippen LogP contribution < -0.4 is 16.2 Å². The van der Waals surface area contributed by atoms with Crippen LogP contribution >= 0.6 is 0 Å². The summed E-state index contributed by atoms with van der Waals surface area (Å²) in [6.45, 7) is 0. The van der Waals surface area contributed by atoms with Crippen molar-refractivity contribution in [2.24, 2.45) is 0 Å². The predicted octanol–water partition coefficient (Wildman–Crippen LogP) is 7.13. The third-order valence-corrected chi connectivity index (χ3v) is 5.44. The largest absolute Gasteiger partial charge is 0.457 e. The molecule has 3 heteroatoms. The van der Waals surface area contributed by atoms with Crippen LogP contribution in [0.4, 0.5) is 11.4 Å². The van der Waals surface area contributed by atoms with Crippen LogP contribution in [0.1, 0.15) is 0 Å². The van der Waals surface area contributed by atoms with Gasteiger partial charge in [-0.3, -0.25) is 0 Å². The normalized spacial score (nSPS) is 10.8. The van der Waals surface area contributed by atoms with Gasteiger partial charge in [-0.05, 0) is 64.4 Å². The smallest absolute Gasteiger partial charge is 0.135 e. The van der Waals surface area contributed by atoms with E-state index in [4.69, 9.17) is 16.2 Å². The Bertz CT molecular complexity index is 1370. The molecular weight excluding hydrogens is 380 g/mol. The maximum absolute atomic E-state index is 6.30. The molecule has 0 fully saturated rings. The standard InChI is InChI=1S/C28H22N2O/c29-21-13-15-22(16-14-21)31-28-17-12-20(24-9-3-4-11-27(24)30)18-26(28)25-10-5-7-19-6-1-2-8-23(19)25/h1-18H,29-30H2. The first kappa shape index (κ1) is 18.8. The molecule has 31 heavy (non-hydrogen) atoms. The molecule has 0 heterocycles. The highest BCUT2D eigenvalue weighted by Crippen LogP contribution is 2.40. The second kappa shape index (κ2) is 7.88. The van der Waals surface area contributed by atoms with Crippen LogP contribution in [0.25, 0.3) is 33.0 Å². The number of hydrogen-bond donors (Lipinski definition) is 2. The number of para-hydroxylation sites is 1. The first-order valence-electron chi connectivity index (χ1n) is 10.2. The quantitative estimate of drug-likeness (QED) is 0.314. The molecule has 0 aliphatic carbocycles. The molecule has 0 amide bonds. The lowest BCUT2D eigenvalue weighted by atomic mass is 9.94. The Morgan fingerprint density at radius 3 is 2.10 bits per heavy atom. The van der Waals surface area contributed by atoms with Gasteiger partial charge in [-0.2, -0.15) is 0 Å². The highest BCUT2D eigenvalue weighted by molar-refractivity contribution is 5.99. The van der Waals surface area contributed by atoms with Crippen molar-refractivity contribution in [2.75, 3.05) is 11.5 Å². The average molecular weight is 402 g/mol. The molecular formula is C28H22N2O. The van der Waals surface area contributed by atoms with Crippen LogP contribution in [0.2, 0.25) is 0 Å². The lowest BCUT2D eigenvalue weighted by Crippen LogP contribution is -1.93. The fraction of sp³-hybridized carbons (Fsp3) is 0. The number of nitrogen functional groups attached to an aromatic ring is 2. The van der Waals surface area contributed by atoms with Gasteiger partial charge in [0.25, 0.3) is 0 Å². The first-order chi connectivity index (χ1) is 15.2. The SMILES string of the molecule is Nc1ccc(Oc2ccc(-c3ccccc3N)cc2-c2cccc3ccccc23)cc1. The highest BCUT2D eigenvalue weighted by Gasteiger charge is 2.13. The van der Waals surface area contributed by atoms with E-state index in [9.17, 15) is 0 Å². The first-order valence-corrected chi connectivity index (χ1v) is 10.2. The molecule has 0 saturated heterocycles. The summed E-state index contributed by atoms with van der Waals surface area (Å²) < 4.78 is 6.30. The molecule has 3 nitrogen and oxygen atoms in total. The highest BCUT2D eigenvalue weighted by atomic mass is 16.5. The minimum absolute atomic E-state index is 0.705. The number of hydrogen-bond acceptors (Lipinski definition) is 3. The number of fused-ring (bicyclic) bond motifs is 1. The number of nitrogens with two attached hydrogens (primary N) is 2. The van der Waals surface area contributed by atoms with E-state index < -0.39 is 0 Å². The molecule has 0 aromatic heterocycles. The van der Waals surface area contributed by atoms with Crippen molar-refractivity contribution in [3.8, 4) is 33.8 Å². The summed E-state index contributed by atoms with van der Waals surface area (Å²) in [6, 6.07) is 36.3. The zero-order valence-corrected chi connectivity index (χ0v) is 17.0. The molecule has 0 aliphatic heterocycles. The van der Waals surface area contributed by atoms with E-state index in [0.29, 0.717) is 5.69 Å². The van der Waals surface area contributed by atoms with Crippen molar-refractivity contribution >= 4 is 22.1 Å². The summed E-state index contributed by atoms with van der Waals surface area (Å²) in [7, 11) is 0. The fourth-order valence-electron chi connectivity index (χ4n) is 3.88. The molecule has 0 saturated carbocycles. The molecule has 0 radical (unpaired) electrons. The van der Waals surface area contributed by atoms with E-state index in [1.165, 1.54) is 10.8 Å². The number of ether oxygens (including phenoxy) is 1. The van der Waals surface area contributed by atoms with Crippen LogP contribution in [-0.4, -0.2) is 0 Å². The third-order valence-electron chi connectivity index (χ3n) is 5.44. The lowest BCUT2D eigenvalue weighted by Gasteiger charge is -2.16. The van der Waals surface area contributed by atoms with Crippen molar-refractivity contribution in [3.05, 3.63) is 109 Å². The predicted molar refractivity (Wildman–Crippen MR) is 130 cm³/mol. The Morgan fingerprint density at radius 2 is 1.26 bits per heavy atom. The Hall–Kier alpha value is -4.24. The second-order valence-corrected chi connectivity index (χ2v) is 7.50. The van der Waals surface area contributed by atoms with Gasteiger partial charge < -0.3 is 16.2 Å². The van der Waals surface area contributed by atoms with Gasteiger partial charge in [-0.1, -0.05) is 66.7 Å². The van der Waals surface area contributed by atoms with Crippen LogP contribution in [0.3, 0.4) is 0 Å². The van der Waals surface area contributed by atoms with Gasteiger partial charge in [0, 0.05) is 22.5 Å². The van der Waals surface area contributed by atoms with E-state index in [1.54, 1.807) is 0 Å². The summed E-state index contributed by atoms with van der Waals surface area (Å²) in [5.74, 6) is 1.52. The van der Waals surface area contributed by atoms with Gasteiger partial charge in [0.2, 0.25) is 0 Å². The number of anilines is 2. The second-order valence-electron chi connectivity index (χ2n) is 7.50. The average Bonchev–Trinajstić information content (AvgIpc) is 2.81. The van der Waals surface area contributed by atoms with Crippen molar-refractivity contribution < 1.29 is 4.74 Å². The molecule has 0 bridgehead atoms. The molecule has 0 unspecified atom stereocenters. The van der Waals surface area contributed by atoms with Crippen LogP contribution in [0.15, 0.2) is 109 Å². The maximum atomic E-state index is 6.30. The Labute approximate surface area is 181 Å². The summed E-state index contributed by atoms with van der Waals surface area (Å²) in [5.41, 5.74) is 17.7. The van der Waals surface area contributed by atoms with Gasteiger partial charge >= 0.3 is 0 Å². The van der Waals surface area contributed by atoms with Gasteiger partial charge in [0.15, 0.2) is 0 Å². The van der Waals surface area contributed by atoms with Crippen molar-refractivity contribution in [2.45, 2.75) is 0 Å². The summed E-state index contributed by atoms with van der Waals surface area (Å²) >= 11 is 0. The van der Waals surface area contributed by atoms with E-state index in [-0.39, 0.29) is 0 Å². The van der Waals surface area contributed by atoms with E-state index in [0.717, 1.165) is 39.4 Å². The fourth-order valence-corrected chi connectivity index (χ4v) is 3.88. The van der Waals surface area contributed by atoms with Crippen LogP contribution in [0.5, 0.6) is 11.5 Å². The Morgan fingerprint density at radius 1 is 0.548 bits per heavy atom. The van der Waals surface area contributed by atoms with E-state index in [2.05, 4.69) is 48.5 Å². The van der Waals surface area contributed by atoms with Crippen molar-refractivity contribution in [1.82, 2.24) is 0 Å². The molecule has 5 aromatic rings. The summed E-state index contributed by atoms with van der Waals surface area (Å²) in [5, 5.41) is 2.36. The minimum atomic E-state index is 0.705. The topological polar surface area (TPSA) is 61.3 Å². The van der Waals surface area contributed by atoms with Gasteiger partial charge in [0.1, 0.15) is 11.5 Å². The van der Waals surface area contributed by atoms with Crippen LogP contribution in [-0.2, 0) is 0 Å². The molecule has 4 N–H and O–H groups in total. The molecule has 0 aliphatic rings. The molecule has 0 spiro atoms. The number of rotatable bonds is 4. The monoisotopic (exact) mass is 402 g/mol. The number of benzene rings is 5. The van der Waals surface area contributed by atoms with Crippen molar-refractivity contribution in [3.63, 3.8) is 0 Å². The minimum Gasteiger partial charge on any atom is -0.457 e. The van der Waals surface area contributed by atoms with E-state index >= 15 is 0 Å². The lowest BCUT2D eigenvalue weighted by molar-refractivity contribution is 0.484. The molecule has 150 valence electrons. The zero-order chi connectivity index (χ0) is 21.2. The van der Waals surface area contributed by atoms with E-state index in [1.807, 2.05) is 60.7 Å². The summed E-state index contributed by atoms with van der Waals surface area (Å²) in [6.07, 6.45) is 0. The van der Waals surface area contributed by atoms with Gasteiger partial charge in [-0.15, -0.1) is 0 Å². The molecule has 5 aromatic carbocycles. The van der Waals surface area contributed by atoms with Gasteiger partial charge in [0.05, 0.1) is 0 Å². The Kier molecular flexibility index (Phi) is 4.77. The summed E-state index contributed by atoms with van der Waals surface area (Å²) in [4.78, 5) is 0. The third kappa shape index (κ3) is 3.69. The maximum Gasteiger partial charge on any atom is 0.135 e. The zero-order valence-electron chi connectivity index (χ0n) is 17.0. The van der Waals surface area contributed by atoms with Crippen LogP contribution in [0, 0.1) is 0 Å².